The van der Waals surface area contributed by atoms with Crippen molar-refractivity contribution < 1.29 is 9.72 Å². The van der Waals surface area contributed by atoms with Crippen LogP contribution in [0.5, 0.6) is 0 Å². The fourth-order valence-corrected chi connectivity index (χ4v) is 2.66. The summed E-state index contributed by atoms with van der Waals surface area (Å²) in [5.41, 5.74) is 1.07. The lowest BCUT2D eigenvalue weighted by atomic mass is 10.1. The van der Waals surface area contributed by atoms with Crippen molar-refractivity contribution in [1.29, 1.82) is 0 Å². The first-order chi connectivity index (χ1) is 11.5. The number of halogens is 1. The van der Waals surface area contributed by atoms with E-state index in [4.69, 9.17) is 0 Å². The third kappa shape index (κ3) is 4.23. The number of nitro groups is 1. The van der Waals surface area contributed by atoms with Gasteiger partial charge in [-0.05, 0) is 19.0 Å². The molecular formula is C16H17ClN4O4. The molecule has 1 aromatic heterocycles. The van der Waals surface area contributed by atoms with E-state index in [1.54, 1.807) is 0 Å². The molecule has 0 unspecified atom stereocenters. The number of non-ortho nitro benzene ring substituents is 1. The average molecular weight is 365 g/mol. The van der Waals surface area contributed by atoms with E-state index in [1.807, 2.05) is 6.08 Å². The summed E-state index contributed by atoms with van der Waals surface area (Å²) in [6.07, 6.45) is 2.87. The van der Waals surface area contributed by atoms with E-state index in [2.05, 4.69) is 15.6 Å². The maximum Gasteiger partial charge on any atom is 0.270 e. The zero-order valence-corrected chi connectivity index (χ0v) is 14.0. The Bertz CT molecular complexity index is 907. The Balaban J connectivity index is 0.00000225. The molecule has 1 aliphatic rings. The zero-order chi connectivity index (χ0) is 17.1. The molecule has 0 aliphatic carbocycles. The number of carbonyl (C=O) groups is 1. The van der Waals surface area contributed by atoms with Gasteiger partial charge in [-0.25, -0.2) is 0 Å². The number of nitrogens with zero attached hydrogens (tertiary/aromatic N) is 1. The Hall–Kier alpha value is -2.71. The van der Waals surface area contributed by atoms with Gasteiger partial charge in [0.1, 0.15) is 0 Å². The van der Waals surface area contributed by atoms with Gasteiger partial charge in [0.15, 0.2) is 0 Å². The lowest BCUT2D eigenvalue weighted by Crippen LogP contribution is -2.30. The zero-order valence-electron chi connectivity index (χ0n) is 13.2. The number of hydrogen-bond donors (Lipinski definition) is 3. The topological polar surface area (TPSA) is 117 Å². The van der Waals surface area contributed by atoms with Gasteiger partial charge in [-0.1, -0.05) is 11.6 Å². The minimum absolute atomic E-state index is 0. The highest BCUT2D eigenvalue weighted by molar-refractivity contribution is 6.06. The van der Waals surface area contributed by atoms with Crippen LogP contribution >= 0.6 is 12.4 Å². The molecular weight excluding hydrogens is 348 g/mol. The Morgan fingerprint density at radius 2 is 2.12 bits per heavy atom. The number of nitrogens with one attached hydrogen (secondary N) is 3. The summed E-state index contributed by atoms with van der Waals surface area (Å²) >= 11 is 0. The monoisotopic (exact) mass is 364 g/mol. The fraction of sp³-hybridized carbons (Fsp3) is 0.250. The van der Waals surface area contributed by atoms with Gasteiger partial charge in [-0.2, -0.15) is 0 Å². The second-order valence-corrected chi connectivity index (χ2v) is 5.53. The van der Waals surface area contributed by atoms with Crippen molar-refractivity contribution >= 4 is 34.9 Å². The van der Waals surface area contributed by atoms with Crippen LogP contribution in [0.15, 0.2) is 40.7 Å². The molecule has 1 aromatic carbocycles. The third-order valence-electron chi connectivity index (χ3n) is 3.92. The highest BCUT2D eigenvalue weighted by Gasteiger charge is 2.15. The second-order valence-electron chi connectivity index (χ2n) is 5.53. The Kier molecular flexibility index (Phi) is 5.89. The van der Waals surface area contributed by atoms with Gasteiger partial charge in [-0.15, -0.1) is 12.4 Å². The van der Waals surface area contributed by atoms with Gasteiger partial charge in [0.25, 0.3) is 11.6 Å². The Morgan fingerprint density at radius 3 is 2.80 bits per heavy atom. The number of carbonyl (C=O) groups excluding carboxylic acids is 1. The van der Waals surface area contributed by atoms with Crippen LogP contribution < -0.4 is 16.2 Å². The van der Waals surface area contributed by atoms with Crippen molar-refractivity contribution in [3.05, 3.63) is 61.9 Å². The minimum Gasteiger partial charge on any atom is -0.348 e. The van der Waals surface area contributed by atoms with E-state index in [-0.39, 0.29) is 23.7 Å². The summed E-state index contributed by atoms with van der Waals surface area (Å²) in [4.78, 5) is 37.2. The van der Waals surface area contributed by atoms with E-state index >= 15 is 0 Å². The molecule has 0 bridgehead atoms. The predicted octanol–water partition coefficient (Wildman–Crippen LogP) is 1.51. The Labute approximate surface area is 148 Å². The van der Waals surface area contributed by atoms with E-state index < -0.39 is 16.4 Å². The van der Waals surface area contributed by atoms with Crippen molar-refractivity contribution in [2.75, 3.05) is 19.6 Å². The standard InChI is InChI=1S/C16H16N4O4.ClH/c21-15-8-13(16(22)18-9-10-3-5-17-6-4-10)12-7-11(20(23)24)1-2-14(12)19-15;/h1-3,7-8,17H,4-6,9H2,(H,18,22)(H,19,21);1H. The fourth-order valence-electron chi connectivity index (χ4n) is 2.66. The summed E-state index contributed by atoms with van der Waals surface area (Å²) < 4.78 is 0. The molecule has 1 amide bonds. The van der Waals surface area contributed by atoms with Gasteiger partial charge in [0.2, 0.25) is 5.56 Å². The smallest absolute Gasteiger partial charge is 0.270 e. The SMILES string of the molecule is Cl.O=C(NCC1=CCNCC1)c1cc(=O)[nH]c2ccc([N+](=O)[O-])cc12. The van der Waals surface area contributed by atoms with Crippen LogP contribution in [-0.4, -0.2) is 35.4 Å². The maximum absolute atomic E-state index is 12.5. The number of aromatic nitrogens is 1. The molecule has 1 aliphatic heterocycles. The van der Waals surface area contributed by atoms with E-state index in [0.717, 1.165) is 31.1 Å². The Morgan fingerprint density at radius 1 is 1.32 bits per heavy atom. The number of H-pyrrole nitrogens is 1. The van der Waals surface area contributed by atoms with E-state index in [1.165, 1.54) is 18.2 Å². The minimum atomic E-state index is -0.536. The molecule has 9 heteroatoms. The predicted molar refractivity (Wildman–Crippen MR) is 96.4 cm³/mol. The summed E-state index contributed by atoms with van der Waals surface area (Å²) in [6.45, 7) is 2.02. The lowest BCUT2D eigenvalue weighted by molar-refractivity contribution is -0.384. The number of pyridine rings is 1. The molecule has 3 rings (SSSR count). The van der Waals surface area contributed by atoms with Crippen molar-refractivity contribution in [2.45, 2.75) is 6.42 Å². The molecule has 2 aromatic rings. The second kappa shape index (κ2) is 7.91. The lowest BCUT2D eigenvalue weighted by Gasteiger charge is -2.15. The normalized spacial score (nSPS) is 13.7. The molecule has 0 atom stereocenters. The molecule has 0 radical (unpaired) electrons. The van der Waals surface area contributed by atoms with Crippen LogP contribution in [-0.2, 0) is 0 Å². The molecule has 3 N–H and O–H groups in total. The summed E-state index contributed by atoms with van der Waals surface area (Å²) in [7, 11) is 0. The molecule has 132 valence electrons. The first kappa shape index (κ1) is 18.6. The van der Waals surface area contributed by atoms with Crippen molar-refractivity contribution in [3.8, 4) is 0 Å². The van der Waals surface area contributed by atoms with Crippen LogP contribution in [0.2, 0.25) is 0 Å². The van der Waals surface area contributed by atoms with Crippen molar-refractivity contribution in [1.82, 2.24) is 15.6 Å². The van der Waals surface area contributed by atoms with Gasteiger partial charge >= 0.3 is 0 Å². The molecule has 0 saturated heterocycles. The third-order valence-corrected chi connectivity index (χ3v) is 3.92. The summed E-state index contributed by atoms with van der Waals surface area (Å²) in [6, 6.07) is 5.18. The van der Waals surface area contributed by atoms with Crippen molar-refractivity contribution in [3.63, 3.8) is 0 Å². The number of aromatic amines is 1. The van der Waals surface area contributed by atoms with Crippen LogP contribution in [0.1, 0.15) is 16.8 Å². The van der Waals surface area contributed by atoms with Gasteiger partial charge in [0, 0.05) is 42.2 Å². The number of nitro benzene ring substituents is 1. The molecule has 0 saturated carbocycles. The van der Waals surface area contributed by atoms with Crippen LogP contribution in [0.4, 0.5) is 5.69 Å². The molecule has 0 spiro atoms. The van der Waals surface area contributed by atoms with Gasteiger partial charge < -0.3 is 15.6 Å². The van der Waals surface area contributed by atoms with E-state index in [0.29, 0.717) is 17.4 Å². The van der Waals surface area contributed by atoms with Crippen molar-refractivity contribution in [2.24, 2.45) is 0 Å². The largest absolute Gasteiger partial charge is 0.348 e. The molecule has 8 nitrogen and oxygen atoms in total. The van der Waals surface area contributed by atoms with Crippen LogP contribution in [0.3, 0.4) is 0 Å². The quantitative estimate of drug-likeness (QED) is 0.432. The van der Waals surface area contributed by atoms with Crippen LogP contribution in [0, 0.1) is 10.1 Å². The summed E-state index contributed by atoms with van der Waals surface area (Å²) in [5.74, 6) is -0.425. The van der Waals surface area contributed by atoms with Gasteiger partial charge in [-0.3, -0.25) is 19.7 Å². The molecule has 25 heavy (non-hydrogen) atoms. The number of benzene rings is 1. The highest BCUT2D eigenvalue weighted by atomic mass is 35.5. The average Bonchev–Trinajstić information content (AvgIpc) is 2.59. The molecule has 2 heterocycles. The van der Waals surface area contributed by atoms with E-state index in [9.17, 15) is 19.7 Å². The number of rotatable bonds is 4. The summed E-state index contributed by atoms with van der Waals surface area (Å²) in [5, 5.41) is 17.3. The highest BCUT2D eigenvalue weighted by Crippen LogP contribution is 2.21. The number of hydrogen-bond acceptors (Lipinski definition) is 5. The number of fused-ring (bicyclic) bond motifs is 1. The van der Waals surface area contributed by atoms with Gasteiger partial charge in [0.05, 0.1) is 10.5 Å². The molecule has 0 fully saturated rings. The first-order valence-corrected chi connectivity index (χ1v) is 7.53. The number of amides is 1. The van der Waals surface area contributed by atoms with Crippen LogP contribution in [0.25, 0.3) is 10.9 Å². The first-order valence-electron chi connectivity index (χ1n) is 7.53. The maximum atomic E-state index is 12.5.